The first-order chi connectivity index (χ1) is 11.1. The third-order valence-electron chi connectivity index (χ3n) is 3.84. The molecule has 6 heteroatoms. The van der Waals surface area contributed by atoms with E-state index in [-0.39, 0.29) is 18.4 Å². The van der Waals surface area contributed by atoms with Gasteiger partial charge in [0, 0.05) is 17.3 Å². The van der Waals surface area contributed by atoms with Crippen LogP contribution < -0.4 is 5.73 Å². The van der Waals surface area contributed by atoms with Crippen molar-refractivity contribution in [3.63, 3.8) is 0 Å². The first kappa shape index (κ1) is 15.8. The van der Waals surface area contributed by atoms with Crippen LogP contribution in [0.25, 0.3) is 0 Å². The molecule has 1 saturated heterocycles. The summed E-state index contributed by atoms with van der Waals surface area (Å²) in [6.45, 7) is 1.65. The van der Waals surface area contributed by atoms with E-state index in [1.54, 1.807) is 18.3 Å². The molecule has 2 aromatic rings. The number of ether oxygens (including phenoxy) is 1. The fourth-order valence-electron chi connectivity index (χ4n) is 2.56. The van der Waals surface area contributed by atoms with Gasteiger partial charge >= 0.3 is 0 Å². The quantitative estimate of drug-likeness (QED) is 0.938. The molecule has 1 aliphatic rings. The van der Waals surface area contributed by atoms with Crippen LogP contribution in [0.15, 0.2) is 42.6 Å². The van der Waals surface area contributed by atoms with E-state index < -0.39 is 0 Å². The number of hydrogen-bond donors (Lipinski definition) is 1. The number of hydrogen-bond acceptors (Lipinski definition) is 4. The summed E-state index contributed by atoms with van der Waals surface area (Å²) in [5, 5.41) is 0.687. The summed E-state index contributed by atoms with van der Waals surface area (Å²) < 4.78 is 5.78. The van der Waals surface area contributed by atoms with Gasteiger partial charge in [-0.15, -0.1) is 0 Å². The lowest BCUT2D eigenvalue weighted by molar-refractivity contribution is -0.138. The number of rotatable bonds is 3. The maximum Gasteiger partial charge on any atom is 0.228 e. The minimum Gasteiger partial charge on any atom is -0.397 e. The number of nitrogens with two attached hydrogens (primary N) is 1. The second-order valence-corrected chi connectivity index (χ2v) is 5.95. The molecule has 2 heterocycles. The van der Waals surface area contributed by atoms with E-state index in [0.29, 0.717) is 30.4 Å². The molecular weight excluding hydrogens is 314 g/mol. The average Bonchev–Trinajstić information content (AvgIpc) is 2.58. The van der Waals surface area contributed by atoms with E-state index in [9.17, 15) is 4.79 Å². The number of nitrogen functional groups attached to an aromatic ring is 1. The summed E-state index contributed by atoms with van der Waals surface area (Å²) >= 11 is 5.91. The topological polar surface area (TPSA) is 68.5 Å². The standard InChI is InChI=1S/C17H18ClN3O2/c18-13-3-1-12(2-4-13)16-11-21(7-8-23-16)17(22)9-15-6-5-14(19)10-20-15/h1-6,10,16H,7-9,11,19H2. The zero-order valence-corrected chi connectivity index (χ0v) is 13.4. The molecule has 0 aliphatic carbocycles. The van der Waals surface area contributed by atoms with Crippen LogP contribution in [-0.4, -0.2) is 35.5 Å². The Morgan fingerprint density at radius 1 is 1.30 bits per heavy atom. The maximum atomic E-state index is 12.5. The highest BCUT2D eigenvalue weighted by molar-refractivity contribution is 6.30. The Kier molecular flexibility index (Phi) is 4.79. The van der Waals surface area contributed by atoms with E-state index in [2.05, 4.69) is 4.98 Å². The van der Waals surface area contributed by atoms with Crippen molar-refractivity contribution in [3.05, 3.63) is 58.9 Å². The molecule has 1 aliphatic heterocycles. The van der Waals surface area contributed by atoms with Crippen molar-refractivity contribution in [1.29, 1.82) is 0 Å². The zero-order chi connectivity index (χ0) is 16.2. The van der Waals surface area contributed by atoms with Crippen LogP contribution in [0.1, 0.15) is 17.4 Å². The average molecular weight is 332 g/mol. The van der Waals surface area contributed by atoms with Gasteiger partial charge in [0.15, 0.2) is 0 Å². The van der Waals surface area contributed by atoms with E-state index in [0.717, 1.165) is 11.3 Å². The number of nitrogens with zero attached hydrogens (tertiary/aromatic N) is 2. The Morgan fingerprint density at radius 2 is 2.09 bits per heavy atom. The highest BCUT2D eigenvalue weighted by atomic mass is 35.5. The zero-order valence-electron chi connectivity index (χ0n) is 12.6. The molecule has 1 aromatic carbocycles. The highest BCUT2D eigenvalue weighted by Crippen LogP contribution is 2.24. The second kappa shape index (κ2) is 6.98. The molecule has 0 bridgehead atoms. The number of aromatic nitrogens is 1. The minimum atomic E-state index is -0.121. The fraction of sp³-hybridized carbons (Fsp3) is 0.294. The number of carbonyl (C=O) groups is 1. The first-order valence-corrected chi connectivity index (χ1v) is 7.85. The molecule has 0 spiro atoms. The number of anilines is 1. The van der Waals surface area contributed by atoms with Crippen LogP contribution >= 0.6 is 11.6 Å². The van der Waals surface area contributed by atoms with E-state index >= 15 is 0 Å². The number of carbonyl (C=O) groups excluding carboxylic acids is 1. The van der Waals surface area contributed by atoms with Gasteiger partial charge in [-0.2, -0.15) is 0 Å². The third-order valence-corrected chi connectivity index (χ3v) is 4.09. The molecule has 120 valence electrons. The summed E-state index contributed by atoms with van der Waals surface area (Å²) in [5.74, 6) is 0.0459. The predicted molar refractivity (Wildman–Crippen MR) is 89.1 cm³/mol. The Morgan fingerprint density at radius 3 is 2.78 bits per heavy atom. The molecule has 1 fully saturated rings. The van der Waals surface area contributed by atoms with Gasteiger partial charge < -0.3 is 15.4 Å². The molecular formula is C17H18ClN3O2. The molecule has 1 aromatic heterocycles. The molecule has 5 nitrogen and oxygen atoms in total. The van der Waals surface area contributed by atoms with Crippen molar-refractivity contribution in [3.8, 4) is 0 Å². The molecule has 0 saturated carbocycles. The first-order valence-electron chi connectivity index (χ1n) is 7.47. The lowest BCUT2D eigenvalue weighted by Gasteiger charge is -2.33. The van der Waals surface area contributed by atoms with E-state index in [1.807, 2.05) is 29.2 Å². The van der Waals surface area contributed by atoms with Crippen molar-refractivity contribution >= 4 is 23.2 Å². The van der Waals surface area contributed by atoms with Crippen LogP contribution in [0.2, 0.25) is 5.02 Å². The van der Waals surface area contributed by atoms with Crippen molar-refractivity contribution < 1.29 is 9.53 Å². The lowest BCUT2D eigenvalue weighted by atomic mass is 10.1. The van der Waals surface area contributed by atoms with Gasteiger partial charge in [-0.3, -0.25) is 9.78 Å². The number of morpholine rings is 1. The van der Waals surface area contributed by atoms with Gasteiger partial charge in [0.1, 0.15) is 6.10 Å². The van der Waals surface area contributed by atoms with Crippen LogP contribution in [0, 0.1) is 0 Å². The Hall–Kier alpha value is -2.11. The van der Waals surface area contributed by atoms with Gasteiger partial charge in [-0.25, -0.2) is 0 Å². The Labute approximate surface area is 140 Å². The van der Waals surface area contributed by atoms with E-state index in [4.69, 9.17) is 22.1 Å². The van der Waals surface area contributed by atoms with Gasteiger partial charge in [-0.05, 0) is 29.8 Å². The van der Waals surface area contributed by atoms with E-state index in [1.165, 1.54) is 0 Å². The molecule has 1 atom stereocenters. The van der Waals surface area contributed by atoms with Crippen molar-refractivity contribution in [2.24, 2.45) is 0 Å². The molecule has 0 radical (unpaired) electrons. The van der Waals surface area contributed by atoms with Crippen LogP contribution in [0.4, 0.5) is 5.69 Å². The van der Waals surface area contributed by atoms with Crippen LogP contribution in [0.5, 0.6) is 0 Å². The Balaban J connectivity index is 1.64. The monoisotopic (exact) mass is 331 g/mol. The highest BCUT2D eigenvalue weighted by Gasteiger charge is 2.25. The van der Waals surface area contributed by atoms with Gasteiger partial charge in [0.25, 0.3) is 0 Å². The number of benzene rings is 1. The van der Waals surface area contributed by atoms with Gasteiger partial charge in [0.05, 0.1) is 31.5 Å². The SMILES string of the molecule is Nc1ccc(CC(=O)N2CCOC(c3ccc(Cl)cc3)C2)nc1. The molecule has 3 rings (SSSR count). The maximum absolute atomic E-state index is 12.5. The number of halogens is 1. The molecule has 1 unspecified atom stereocenters. The van der Waals surface area contributed by atoms with Gasteiger partial charge in [-0.1, -0.05) is 23.7 Å². The fourth-order valence-corrected chi connectivity index (χ4v) is 2.69. The predicted octanol–water partition coefficient (Wildman–Crippen LogP) is 2.46. The molecule has 2 N–H and O–H groups in total. The van der Waals surface area contributed by atoms with Gasteiger partial charge in [0.2, 0.25) is 5.91 Å². The van der Waals surface area contributed by atoms with Crippen LogP contribution in [0.3, 0.4) is 0 Å². The summed E-state index contributed by atoms with van der Waals surface area (Å²) in [5.41, 5.74) is 7.95. The smallest absolute Gasteiger partial charge is 0.228 e. The van der Waals surface area contributed by atoms with Crippen molar-refractivity contribution in [2.75, 3.05) is 25.4 Å². The summed E-state index contributed by atoms with van der Waals surface area (Å²) in [7, 11) is 0. The van der Waals surface area contributed by atoms with Crippen molar-refractivity contribution in [2.45, 2.75) is 12.5 Å². The third kappa shape index (κ3) is 4.00. The largest absolute Gasteiger partial charge is 0.397 e. The summed E-state index contributed by atoms with van der Waals surface area (Å²) in [6.07, 6.45) is 1.72. The lowest BCUT2D eigenvalue weighted by Crippen LogP contribution is -2.43. The Bertz CT molecular complexity index is 673. The molecule has 1 amide bonds. The number of pyridine rings is 1. The van der Waals surface area contributed by atoms with Crippen LogP contribution in [-0.2, 0) is 16.0 Å². The molecule has 23 heavy (non-hydrogen) atoms. The summed E-state index contributed by atoms with van der Waals surface area (Å²) in [6, 6.07) is 11.1. The number of amides is 1. The second-order valence-electron chi connectivity index (χ2n) is 5.51. The summed E-state index contributed by atoms with van der Waals surface area (Å²) in [4.78, 5) is 18.5. The minimum absolute atomic E-state index is 0.0459. The van der Waals surface area contributed by atoms with Crippen molar-refractivity contribution in [1.82, 2.24) is 9.88 Å². The normalized spacial score (nSPS) is 18.0.